The third-order valence-electron chi connectivity index (χ3n) is 6.12. The first-order valence-corrected chi connectivity index (χ1v) is 14.7. The van der Waals surface area contributed by atoms with Crippen LogP contribution in [-0.2, 0) is 15.1 Å². The fraction of sp³-hybridized carbons (Fsp3) is 0.613. The van der Waals surface area contributed by atoms with E-state index in [0.29, 0.717) is 17.9 Å². The molecule has 0 saturated carbocycles. The van der Waals surface area contributed by atoms with Crippen molar-refractivity contribution in [3.63, 3.8) is 0 Å². The van der Waals surface area contributed by atoms with E-state index in [1.165, 1.54) is 13.8 Å². The average Bonchev–Trinajstić information content (AvgIpc) is 3.00. The van der Waals surface area contributed by atoms with Gasteiger partial charge in [0.25, 0.3) is 11.2 Å². The smallest absolute Gasteiger partial charge is 0.430 e. The lowest BCUT2D eigenvalue weighted by Gasteiger charge is -2.38. The number of rotatable bonds is 11. The van der Waals surface area contributed by atoms with Crippen LogP contribution in [0.2, 0.25) is 0 Å². The molecule has 0 saturated heterocycles. The molecule has 0 radical (unpaired) electrons. The average molecular weight is 723 g/mol. The van der Waals surface area contributed by atoms with Crippen LogP contribution in [0.25, 0.3) is 0 Å². The van der Waals surface area contributed by atoms with Gasteiger partial charge in [0.15, 0.2) is 0 Å². The molecule has 0 aliphatic rings. The standard InChI is InChI=1S/C19H18F6O3.C8H12F6O2.2C2H6/c1-2-14(26)12-27-17(18(20,21)22,19(23,24)25)13-8-10-16(11-9-13)28-15-6-4-3-5-7-15;1-3-5(15)4-16-6(2,7(9,10)11)8(12,13)14;2*1-2/h3-11,14,26H,2,12H2,1H3;5,15H,3-4H2,1-2H3;2*1-2H3. The molecule has 0 heterocycles. The molecule has 0 fully saturated rings. The summed E-state index contributed by atoms with van der Waals surface area (Å²) in [4.78, 5) is 0. The highest BCUT2D eigenvalue weighted by Crippen LogP contribution is 2.53. The predicted octanol–water partition coefficient (Wildman–Crippen LogP) is 10.3. The number of hydrogen-bond donors (Lipinski definition) is 2. The van der Waals surface area contributed by atoms with E-state index in [9.17, 15) is 57.8 Å². The van der Waals surface area contributed by atoms with Gasteiger partial charge in [-0.3, -0.25) is 0 Å². The summed E-state index contributed by atoms with van der Waals surface area (Å²) in [5.74, 6) is 0.428. The van der Waals surface area contributed by atoms with E-state index < -0.39 is 66.9 Å². The lowest BCUT2D eigenvalue weighted by Crippen LogP contribution is -2.57. The summed E-state index contributed by atoms with van der Waals surface area (Å²) in [5.41, 5.74) is -9.98. The molecule has 2 atom stereocenters. The first kappa shape index (κ1) is 47.4. The van der Waals surface area contributed by atoms with Crippen LogP contribution in [0.1, 0.15) is 66.9 Å². The van der Waals surface area contributed by atoms with Crippen LogP contribution in [0.4, 0.5) is 52.7 Å². The summed E-state index contributed by atoms with van der Waals surface area (Å²) in [6.07, 6.45) is -25.7. The zero-order valence-electron chi connectivity index (χ0n) is 27.3. The fourth-order valence-corrected chi connectivity index (χ4v) is 3.16. The molecule has 0 spiro atoms. The summed E-state index contributed by atoms with van der Waals surface area (Å²) in [6, 6.07) is 11.5. The second-order valence-corrected chi connectivity index (χ2v) is 9.39. The Labute approximate surface area is 271 Å². The molecule has 48 heavy (non-hydrogen) atoms. The molecule has 5 nitrogen and oxygen atoms in total. The van der Waals surface area contributed by atoms with E-state index in [4.69, 9.17) is 9.84 Å². The minimum atomic E-state index is -5.81. The Balaban J connectivity index is 0. The minimum Gasteiger partial charge on any atom is -0.457 e. The van der Waals surface area contributed by atoms with Gasteiger partial charge in [0.1, 0.15) is 11.5 Å². The molecular formula is C31H42F12O5. The monoisotopic (exact) mass is 722 g/mol. The van der Waals surface area contributed by atoms with Crippen LogP contribution in [-0.4, -0.2) is 65.9 Å². The van der Waals surface area contributed by atoms with Crippen molar-refractivity contribution in [1.29, 1.82) is 0 Å². The van der Waals surface area contributed by atoms with Crippen LogP contribution in [0.3, 0.4) is 0 Å². The number of aliphatic hydroxyl groups excluding tert-OH is 2. The predicted molar refractivity (Wildman–Crippen MR) is 154 cm³/mol. The molecule has 17 heteroatoms. The van der Waals surface area contributed by atoms with Gasteiger partial charge < -0.3 is 24.4 Å². The number of ether oxygens (including phenoxy) is 3. The zero-order chi connectivity index (χ0) is 38.2. The van der Waals surface area contributed by atoms with Crippen molar-refractivity contribution in [2.45, 2.75) is 109 Å². The summed E-state index contributed by atoms with van der Waals surface area (Å²) < 4.78 is 168. The molecule has 2 N–H and O–H groups in total. The Hall–Kier alpha value is -2.76. The van der Waals surface area contributed by atoms with Crippen LogP contribution < -0.4 is 4.74 Å². The zero-order valence-corrected chi connectivity index (χ0v) is 27.3. The van der Waals surface area contributed by atoms with Crippen molar-refractivity contribution in [2.75, 3.05) is 13.2 Å². The van der Waals surface area contributed by atoms with E-state index in [1.807, 2.05) is 27.7 Å². The van der Waals surface area contributed by atoms with E-state index in [1.54, 1.807) is 30.3 Å². The normalized spacial score (nSPS) is 13.9. The molecule has 280 valence electrons. The number of benzene rings is 2. The van der Waals surface area contributed by atoms with Gasteiger partial charge in [-0.15, -0.1) is 0 Å². The minimum absolute atomic E-state index is 0.00575. The molecule has 0 aliphatic heterocycles. The van der Waals surface area contributed by atoms with Gasteiger partial charge in [-0.25, -0.2) is 0 Å². The summed E-state index contributed by atoms with van der Waals surface area (Å²) in [6.45, 7) is 8.57. The fourth-order valence-electron chi connectivity index (χ4n) is 3.16. The molecule has 2 aromatic rings. The van der Waals surface area contributed by atoms with Crippen LogP contribution in [0.5, 0.6) is 11.5 Å². The van der Waals surface area contributed by atoms with E-state index in [-0.39, 0.29) is 25.5 Å². The van der Waals surface area contributed by atoms with E-state index >= 15 is 0 Å². The molecular weight excluding hydrogens is 680 g/mol. The topological polar surface area (TPSA) is 68.2 Å². The van der Waals surface area contributed by atoms with Crippen molar-refractivity contribution < 1.29 is 77.1 Å². The lowest BCUT2D eigenvalue weighted by molar-refractivity contribution is -0.392. The van der Waals surface area contributed by atoms with Gasteiger partial charge in [-0.2, -0.15) is 52.7 Å². The third-order valence-corrected chi connectivity index (χ3v) is 6.12. The highest BCUT2D eigenvalue weighted by molar-refractivity contribution is 5.36. The van der Waals surface area contributed by atoms with Gasteiger partial charge in [0, 0.05) is 5.56 Å². The SMILES string of the molecule is CC.CC.CCC(O)COC(C)(C(F)(F)F)C(F)(F)F.CCC(O)COC(c1ccc(Oc2ccccc2)cc1)(C(F)(F)F)C(F)(F)F. The Kier molecular flexibility index (Phi) is 19.8. The summed E-state index contributed by atoms with van der Waals surface area (Å²) >= 11 is 0. The summed E-state index contributed by atoms with van der Waals surface area (Å²) in [5, 5.41) is 18.3. The van der Waals surface area contributed by atoms with Gasteiger partial charge in [-0.1, -0.05) is 71.9 Å². The Morgan fingerprint density at radius 2 is 0.896 bits per heavy atom. The molecule has 0 aromatic heterocycles. The lowest BCUT2D eigenvalue weighted by atomic mass is 9.91. The maximum Gasteiger partial charge on any atom is 0.430 e. The first-order valence-electron chi connectivity index (χ1n) is 14.7. The Morgan fingerprint density at radius 3 is 1.23 bits per heavy atom. The molecule has 0 aliphatic carbocycles. The third kappa shape index (κ3) is 12.9. The van der Waals surface area contributed by atoms with Crippen molar-refractivity contribution in [3.8, 4) is 11.5 Å². The largest absolute Gasteiger partial charge is 0.457 e. The highest BCUT2D eigenvalue weighted by atomic mass is 19.4. The van der Waals surface area contributed by atoms with Crippen molar-refractivity contribution in [3.05, 3.63) is 60.2 Å². The van der Waals surface area contributed by atoms with E-state index in [2.05, 4.69) is 9.47 Å². The van der Waals surface area contributed by atoms with Gasteiger partial charge in [-0.05, 0) is 44.0 Å². The Bertz CT molecular complexity index is 1090. The molecule has 2 aromatic carbocycles. The number of alkyl halides is 12. The molecule has 2 rings (SSSR count). The van der Waals surface area contributed by atoms with Crippen LogP contribution in [0, 0.1) is 0 Å². The van der Waals surface area contributed by atoms with Crippen LogP contribution >= 0.6 is 0 Å². The number of para-hydroxylation sites is 1. The first-order chi connectivity index (χ1) is 22.0. The van der Waals surface area contributed by atoms with Gasteiger partial charge in [0.05, 0.1) is 25.4 Å². The maximum absolute atomic E-state index is 13.6. The number of hydrogen-bond acceptors (Lipinski definition) is 5. The van der Waals surface area contributed by atoms with Gasteiger partial charge in [0.2, 0.25) is 0 Å². The number of halogens is 12. The Morgan fingerprint density at radius 1 is 0.542 bits per heavy atom. The highest BCUT2D eigenvalue weighted by Gasteiger charge is 2.73. The molecule has 0 bridgehead atoms. The quantitative estimate of drug-likeness (QED) is 0.226. The van der Waals surface area contributed by atoms with Crippen LogP contribution in [0.15, 0.2) is 54.6 Å². The second-order valence-electron chi connectivity index (χ2n) is 9.39. The van der Waals surface area contributed by atoms with Crippen molar-refractivity contribution in [1.82, 2.24) is 0 Å². The summed E-state index contributed by atoms with van der Waals surface area (Å²) in [7, 11) is 0. The molecule has 2 unspecified atom stereocenters. The van der Waals surface area contributed by atoms with Crippen molar-refractivity contribution >= 4 is 0 Å². The number of aliphatic hydroxyl groups is 2. The van der Waals surface area contributed by atoms with Gasteiger partial charge >= 0.3 is 24.7 Å². The van der Waals surface area contributed by atoms with Crippen molar-refractivity contribution in [2.24, 2.45) is 0 Å². The second kappa shape index (κ2) is 20.0. The maximum atomic E-state index is 13.6. The molecule has 0 amide bonds. The van der Waals surface area contributed by atoms with E-state index in [0.717, 1.165) is 12.1 Å².